The Hall–Kier alpha value is -2.89. The molecule has 1 aliphatic rings. The molecule has 2 aromatic rings. The van der Waals surface area contributed by atoms with Gasteiger partial charge in [-0.05, 0) is 12.1 Å². The summed E-state index contributed by atoms with van der Waals surface area (Å²) in [6, 6.07) is 7.10. The summed E-state index contributed by atoms with van der Waals surface area (Å²) in [7, 11) is -3.94. The van der Waals surface area contributed by atoms with E-state index in [1.165, 1.54) is 22.7 Å². The van der Waals surface area contributed by atoms with Gasteiger partial charge in [0.05, 0.1) is 30.0 Å². The van der Waals surface area contributed by atoms with Gasteiger partial charge in [0.2, 0.25) is 10.0 Å². The lowest BCUT2D eigenvalue weighted by Crippen LogP contribution is -2.40. The Kier molecular flexibility index (Phi) is 5.74. The number of nitrogens with zero attached hydrogens (tertiary/aromatic N) is 4. The van der Waals surface area contributed by atoms with Gasteiger partial charge in [0.1, 0.15) is 4.90 Å². The zero-order valence-electron chi connectivity index (χ0n) is 14.2. The fourth-order valence-corrected chi connectivity index (χ4v) is 4.05. The third-order valence-electron chi connectivity index (χ3n) is 3.85. The van der Waals surface area contributed by atoms with E-state index in [2.05, 4.69) is 15.5 Å². The molecule has 11 heteroatoms. The normalized spacial score (nSPS) is 15.7. The van der Waals surface area contributed by atoms with Crippen LogP contribution >= 0.6 is 0 Å². The van der Waals surface area contributed by atoms with Crippen molar-refractivity contribution in [2.75, 3.05) is 31.7 Å². The summed E-state index contributed by atoms with van der Waals surface area (Å²) in [4.78, 5) is 14.2. The van der Waals surface area contributed by atoms with Crippen LogP contribution in [-0.4, -0.2) is 55.1 Å². The van der Waals surface area contributed by atoms with Gasteiger partial charge in [0.15, 0.2) is 0 Å². The highest BCUT2D eigenvalue weighted by molar-refractivity contribution is 7.89. The van der Waals surface area contributed by atoms with Gasteiger partial charge in [-0.3, -0.25) is 20.5 Å². The second-order valence-electron chi connectivity index (χ2n) is 5.61. The summed E-state index contributed by atoms with van der Waals surface area (Å²) in [6.45, 7) is 0.916. The molecule has 0 saturated carbocycles. The van der Waals surface area contributed by atoms with Crippen LogP contribution in [0.4, 0.5) is 11.4 Å². The Bertz CT molecular complexity index is 943. The number of aromatic nitrogens is 1. The number of anilines is 1. The lowest BCUT2D eigenvalue weighted by molar-refractivity contribution is -0.385. The van der Waals surface area contributed by atoms with Crippen molar-refractivity contribution < 1.29 is 18.1 Å². The first-order chi connectivity index (χ1) is 13.0. The maximum Gasteiger partial charge on any atom is 0.270 e. The van der Waals surface area contributed by atoms with Gasteiger partial charge >= 0.3 is 0 Å². The zero-order chi connectivity index (χ0) is 19.3. The van der Waals surface area contributed by atoms with Gasteiger partial charge in [0, 0.05) is 43.2 Å². The van der Waals surface area contributed by atoms with Crippen molar-refractivity contribution in [3.63, 3.8) is 0 Å². The minimum atomic E-state index is -3.94. The molecular formula is C16H17N5O5S. The minimum Gasteiger partial charge on any atom is -0.379 e. The zero-order valence-corrected chi connectivity index (χ0v) is 15.0. The predicted molar refractivity (Wildman–Crippen MR) is 98.1 cm³/mol. The highest BCUT2D eigenvalue weighted by atomic mass is 32.2. The Balaban J connectivity index is 1.93. The van der Waals surface area contributed by atoms with Crippen LogP contribution < -0.4 is 5.43 Å². The lowest BCUT2D eigenvalue weighted by Gasteiger charge is -2.26. The van der Waals surface area contributed by atoms with Crippen LogP contribution in [0.1, 0.15) is 5.56 Å². The van der Waals surface area contributed by atoms with E-state index in [4.69, 9.17) is 4.74 Å². The fraction of sp³-hybridized carbons (Fsp3) is 0.250. The molecule has 1 aromatic carbocycles. The molecule has 0 spiro atoms. The number of non-ortho nitro benzene ring substituents is 1. The quantitative estimate of drug-likeness (QED) is 0.448. The first-order valence-electron chi connectivity index (χ1n) is 8.04. The summed E-state index contributed by atoms with van der Waals surface area (Å²) >= 11 is 0. The average Bonchev–Trinajstić information content (AvgIpc) is 2.69. The van der Waals surface area contributed by atoms with Gasteiger partial charge in [-0.15, -0.1) is 0 Å². The number of morpholine rings is 1. The Morgan fingerprint density at radius 3 is 2.74 bits per heavy atom. The Morgan fingerprint density at radius 1 is 1.30 bits per heavy atom. The highest BCUT2D eigenvalue weighted by Gasteiger charge is 2.30. The van der Waals surface area contributed by atoms with E-state index < -0.39 is 14.9 Å². The number of ether oxygens (including phenoxy) is 1. The van der Waals surface area contributed by atoms with Crippen molar-refractivity contribution in [1.82, 2.24) is 9.29 Å². The minimum absolute atomic E-state index is 0.146. The molecule has 27 heavy (non-hydrogen) atoms. The number of pyridine rings is 1. The first kappa shape index (κ1) is 18.9. The topological polar surface area (TPSA) is 127 Å². The molecule has 1 aliphatic heterocycles. The second-order valence-corrected chi connectivity index (χ2v) is 7.52. The van der Waals surface area contributed by atoms with Crippen molar-refractivity contribution in [2.45, 2.75) is 4.90 Å². The number of benzene rings is 1. The molecule has 0 aliphatic carbocycles. The largest absolute Gasteiger partial charge is 0.379 e. The number of nitro benzene ring substituents is 1. The van der Waals surface area contributed by atoms with Gasteiger partial charge in [-0.25, -0.2) is 8.42 Å². The number of sulfonamides is 1. The summed E-state index contributed by atoms with van der Waals surface area (Å²) in [5.41, 5.74) is 3.20. The van der Waals surface area contributed by atoms with E-state index in [0.29, 0.717) is 5.56 Å². The Labute approximate surface area is 155 Å². The molecule has 0 radical (unpaired) electrons. The van der Waals surface area contributed by atoms with Crippen LogP contribution in [0.25, 0.3) is 0 Å². The van der Waals surface area contributed by atoms with Gasteiger partial charge < -0.3 is 4.74 Å². The molecule has 1 N–H and O–H groups in total. The number of nitrogens with one attached hydrogen (secondary N) is 1. The number of hydrazone groups is 1. The second kappa shape index (κ2) is 8.20. The molecule has 0 amide bonds. The molecule has 2 heterocycles. The van der Waals surface area contributed by atoms with Crippen molar-refractivity contribution in [1.29, 1.82) is 0 Å². The van der Waals surface area contributed by atoms with E-state index in [9.17, 15) is 18.5 Å². The molecule has 1 aromatic heterocycles. The van der Waals surface area contributed by atoms with Crippen LogP contribution in [0, 0.1) is 10.1 Å². The monoisotopic (exact) mass is 391 g/mol. The average molecular weight is 391 g/mol. The predicted octanol–water partition coefficient (Wildman–Crippen LogP) is 1.46. The van der Waals surface area contributed by atoms with E-state index in [1.807, 2.05) is 0 Å². The van der Waals surface area contributed by atoms with E-state index in [-0.39, 0.29) is 42.6 Å². The van der Waals surface area contributed by atoms with E-state index in [0.717, 1.165) is 6.07 Å². The highest BCUT2D eigenvalue weighted by Crippen LogP contribution is 2.29. The van der Waals surface area contributed by atoms with Gasteiger partial charge in [-0.1, -0.05) is 6.07 Å². The molecule has 1 fully saturated rings. The van der Waals surface area contributed by atoms with Crippen molar-refractivity contribution in [3.05, 3.63) is 58.4 Å². The third-order valence-corrected chi connectivity index (χ3v) is 5.79. The third kappa shape index (κ3) is 4.45. The van der Waals surface area contributed by atoms with Crippen LogP contribution in [0.5, 0.6) is 0 Å². The molecule has 0 unspecified atom stereocenters. The van der Waals surface area contributed by atoms with Crippen LogP contribution in [0.3, 0.4) is 0 Å². The summed E-state index contributed by atoms with van der Waals surface area (Å²) in [5.74, 6) is 0. The molecular weight excluding hydrogens is 374 g/mol. The fourth-order valence-electron chi connectivity index (χ4n) is 2.49. The van der Waals surface area contributed by atoms with Crippen molar-refractivity contribution in [2.24, 2.45) is 5.10 Å². The van der Waals surface area contributed by atoms with E-state index in [1.54, 1.807) is 24.5 Å². The molecule has 0 atom stereocenters. The SMILES string of the molecule is O=[N+]([O-])c1ccc(NN=Cc2cccnc2)c(S(=O)(=O)N2CCOCC2)c1. The molecule has 142 valence electrons. The van der Waals surface area contributed by atoms with E-state index >= 15 is 0 Å². The van der Waals surface area contributed by atoms with Gasteiger partial charge in [-0.2, -0.15) is 9.41 Å². The molecule has 1 saturated heterocycles. The number of hydrogen-bond acceptors (Lipinski definition) is 8. The Morgan fingerprint density at radius 2 is 2.07 bits per heavy atom. The summed E-state index contributed by atoms with van der Waals surface area (Å²) in [5, 5.41) is 15.1. The van der Waals surface area contributed by atoms with Crippen LogP contribution in [0.2, 0.25) is 0 Å². The summed E-state index contributed by atoms with van der Waals surface area (Å²) in [6.07, 6.45) is 4.68. The molecule has 0 bridgehead atoms. The maximum atomic E-state index is 13.0. The summed E-state index contributed by atoms with van der Waals surface area (Å²) < 4.78 is 32.3. The van der Waals surface area contributed by atoms with Gasteiger partial charge in [0.25, 0.3) is 5.69 Å². The lowest BCUT2D eigenvalue weighted by atomic mass is 10.3. The number of hydrogen-bond donors (Lipinski definition) is 1. The molecule has 10 nitrogen and oxygen atoms in total. The maximum absolute atomic E-state index is 13.0. The molecule has 3 rings (SSSR count). The van der Waals surface area contributed by atoms with Crippen molar-refractivity contribution in [3.8, 4) is 0 Å². The standard InChI is InChI=1S/C16H17N5O5S/c22-21(23)14-3-4-15(19-18-12-13-2-1-5-17-11-13)16(10-14)27(24,25)20-6-8-26-9-7-20/h1-5,10-12,19H,6-9H2. The first-order valence-corrected chi connectivity index (χ1v) is 9.48. The van der Waals surface area contributed by atoms with Crippen LogP contribution in [0.15, 0.2) is 52.7 Å². The van der Waals surface area contributed by atoms with Crippen LogP contribution in [-0.2, 0) is 14.8 Å². The number of rotatable bonds is 6. The number of nitro groups is 1. The van der Waals surface area contributed by atoms with Crippen molar-refractivity contribution >= 4 is 27.6 Å². The smallest absolute Gasteiger partial charge is 0.270 e.